The quantitative estimate of drug-likeness (QED) is 0.366. The Kier molecular flexibility index (Phi) is 6.34. The van der Waals surface area contributed by atoms with Crippen molar-refractivity contribution in [1.29, 1.82) is 0 Å². The van der Waals surface area contributed by atoms with Crippen LogP contribution >= 0.6 is 7.14 Å². The van der Waals surface area contributed by atoms with E-state index in [-0.39, 0.29) is 0 Å². The van der Waals surface area contributed by atoms with Crippen molar-refractivity contribution < 1.29 is 9.30 Å². The molecular weight excluding hydrogens is 363 g/mol. The zero-order valence-corrected chi connectivity index (χ0v) is 17.2. The van der Waals surface area contributed by atoms with E-state index in [2.05, 4.69) is 6.58 Å². The topological polar surface area (TPSA) is 26.3 Å². The average Bonchev–Trinajstić information content (AvgIpc) is 2.73. The summed E-state index contributed by atoms with van der Waals surface area (Å²) in [6, 6.07) is 27.2. The van der Waals surface area contributed by atoms with E-state index in [0.717, 1.165) is 32.8 Å². The van der Waals surface area contributed by atoms with E-state index in [1.54, 1.807) is 0 Å². The maximum atomic E-state index is 14.7. The lowest BCUT2D eigenvalue weighted by Crippen LogP contribution is -2.17. The molecule has 0 aliphatic carbocycles. The Morgan fingerprint density at radius 2 is 1.39 bits per heavy atom. The zero-order chi connectivity index (χ0) is 20.0. The second kappa shape index (κ2) is 8.91. The Bertz CT molecular complexity index is 960. The van der Waals surface area contributed by atoms with Gasteiger partial charge in [-0.2, -0.15) is 0 Å². The zero-order valence-electron chi connectivity index (χ0n) is 16.3. The van der Waals surface area contributed by atoms with Gasteiger partial charge >= 0.3 is 0 Å². The summed E-state index contributed by atoms with van der Waals surface area (Å²) >= 11 is 0. The van der Waals surface area contributed by atoms with Crippen LogP contribution in [0.25, 0.3) is 5.31 Å². The summed E-state index contributed by atoms with van der Waals surface area (Å²) in [6.45, 7) is 8.54. The minimum Gasteiger partial charge on any atom is -0.494 e. The molecule has 0 bridgehead atoms. The molecule has 2 nitrogen and oxygen atoms in total. The molecule has 0 amide bonds. The van der Waals surface area contributed by atoms with Gasteiger partial charge in [0.05, 0.1) is 6.61 Å². The van der Waals surface area contributed by atoms with E-state index in [4.69, 9.17) is 4.74 Å². The van der Waals surface area contributed by atoms with Crippen LogP contribution in [0.5, 0.6) is 5.75 Å². The molecule has 0 radical (unpaired) electrons. The molecule has 142 valence electrons. The fourth-order valence-electron chi connectivity index (χ4n) is 3.18. The molecule has 3 heteroatoms. The van der Waals surface area contributed by atoms with Crippen LogP contribution in [0.2, 0.25) is 0 Å². The number of ether oxygens (including phenoxy) is 1. The highest BCUT2D eigenvalue weighted by Crippen LogP contribution is 2.57. The number of hydrogen-bond acceptors (Lipinski definition) is 2. The van der Waals surface area contributed by atoms with Crippen LogP contribution in [0.3, 0.4) is 0 Å². The standard InChI is InChI=1S/C25H25O2P/c1-4-27-22-17-15-21(16-18-22)25(19-20(2)3)28(26,23-11-7-5-8-12-23)24-13-9-6-10-14-24/h5-19H,2,4H2,1,3H3/b25-19+. The van der Waals surface area contributed by atoms with Crippen LogP contribution in [0.15, 0.2) is 103 Å². The van der Waals surface area contributed by atoms with Gasteiger partial charge in [0.25, 0.3) is 0 Å². The summed E-state index contributed by atoms with van der Waals surface area (Å²) in [5, 5.41) is 2.39. The summed E-state index contributed by atoms with van der Waals surface area (Å²) in [5.41, 5.74) is 1.76. The van der Waals surface area contributed by atoms with E-state index < -0.39 is 7.14 Å². The van der Waals surface area contributed by atoms with Crippen LogP contribution < -0.4 is 15.3 Å². The predicted molar refractivity (Wildman–Crippen MR) is 120 cm³/mol. The third-order valence-corrected chi connectivity index (χ3v) is 7.54. The molecule has 0 saturated heterocycles. The summed E-state index contributed by atoms with van der Waals surface area (Å²) in [7, 11) is -3.08. The van der Waals surface area contributed by atoms with Gasteiger partial charge in [-0.15, -0.1) is 0 Å². The number of benzene rings is 3. The molecule has 0 unspecified atom stereocenters. The van der Waals surface area contributed by atoms with Crippen molar-refractivity contribution >= 4 is 23.1 Å². The van der Waals surface area contributed by atoms with Crippen molar-refractivity contribution in [1.82, 2.24) is 0 Å². The molecule has 0 atom stereocenters. The second-order valence-corrected chi connectivity index (χ2v) is 9.35. The predicted octanol–water partition coefficient (Wildman–Crippen LogP) is 6.02. The molecule has 0 spiro atoms. The van der Waals surface area contributed by atoms with Gasteiger partial charge in [-0.05, 0) is 37.6 Å². The largest absolute Gasteiger partial charge is 0.494 e. The maximum absolute atomic E-state index is 14.7. The maximum Gasteiger partial charge on any atom is 0.171 e. The molecule has 0 aromatic heterocycles. The van der Waals surface area contributed by atoms with Crippen molar-refractivity contribution in [3.63, 3.8) is 0 Å². The van der Waals surface area contributed by atoms with E-state index in [1.807, 2.05) is 105 Å². The van der Waals surface area contributed by atoms with E-state index >= 15 is 0 Å². The normalized spacial score (nSPS) is 11.9. The van der Waals surface area contributed by atoms with Crippen LogP contribution in [-0.2, 0) is 4.57 Å². The first-order valence-corrected chi connectivity index (χ1v) is 11.1. The number of allylic oxidation sites excluding steroid dienone is 2. The first-order chi connectivity index (χ1) is 13.6. The number of rotatable bonds is 7. The van der Waals surface area contributed by atoms with E-state index in [9.17, 15) is 4.57 Å². The molecule has 0 aliphatic rings. The molecular formula is C25H25O2P. The molecule has 0 N–H and O–H groups in total. The third-order valence-electron chi connectivity index (χ3n) is 4.42. The third kappa shape index (κ3) is 4.18. The highest BCUT2D eigenvalue weighted by molar-refractivity contribution is 7.87. The van der Waals surface area contributed by atoms with Crippen LogP contribution in [0, 0.1) is 0 Å². The van der Waals surface area contributed by atoms with Gasteiger partial charge in [0, 0.05) is 15.9 Å². The Hall–Kier alpha value is -2.83. The Balaban J connectivity index is 2.25. The smallest absolute Gasteiger partial charge is 0.171 e. The summed E-state index contributed by atoms with van der Waals surface area (Å²) in [6.07, 6.45) is 1.94. The lowest BCUT2D eigenvalue weighted by Gasteiger charge is -2.23. The van der Waals surface area contributed by atoms with Crippen LogP contribution in [0.4, 0.5) is 0 Å². The molecule has 3 aromatic carbocycles. The number of hydrogen-bond donors (Lipinski definition) is 0. The Labute approximate surface area is 167 Å². The summed E-state index contributed by atoms with van der Waals surface area (Å²) < 4.78 is 20.3. The van der Waals surface area contributed by atoms with Crippen molar-refractivity contribution in [2.75, 3.05) is 6.61 Å². The van der Waals surface area contributed by atoms with Crippen LogP contribution in [0.1, 0.15) is 19.4 Å². The van der Waals surface area contributed by atoms with Gasteiger partial charge in [-0.3, -0.25) is 0 Å². The fourth-order valence-corrected chi connectivity index (χ4v) is 6.13. The SMILES string of the molecule is C=C(C)/C=C(\c1ccc(OCC)cc1)P(=O)(c1ccccc1)c1ccccc1. The monoisotopic (exact) mass is 388 g/mol. The van der Waals surface area contributed by atoms with Crippen molar-refractivity contribution in [3.8, 4) is 5.75 Å². The minimum atomic E-state index is -3.08. The van der Waals surface area contributed by atoms with Crippen molar-refractivity contribution in [2.24, 2.45) is 0 Å². The lowest BCUT2D eigenvalue weighted by molar-refractivity contribution is 0.340. The average molecular weight is 388 g/mol. The summed E-state index contributed by atoms with van der Waals surface area (Å²) in [4.78, 5) is 0. The molecule has 0 aliphatic heterocycles. The van der Waals surface area contributed by atoms with Gasteiger partial charge in [-0.25, -0.2) is 0 Å². The van der Waals surface area contributed by atoms with Gasteiger partial charge < -0.3 is 9.30 Å². The first kappa shape index (κ1) is 19.9. The first-order valence-electron chi connectivity index (χ1n) is 9.38. The van der Waals surface area contributed by atoms with Crippen molar-refractivity contribution in [2.45, 2.75) is 13.8 Å². The highest BCUT2D eigenvalue weighted by atomic mass is 31.2. The van der Waals surface area contributed by atoms with E-state index in [0.29, 0.717) is 6.61 Å². The minimum absolute atomic E-state index is 0.611. The molecule has 0 saturated carbocycles. The van der Waals surface area contributed by atoms with E-state index in [1.165, 1.54) is 0 Å². The van der Waals surface area contributed by atoms with Gasteiger partial charge in [-0.1, -0.05) is 84.9 Å². The molecule has 3 rings (SSSR count). The molecule has 0 fully saturated rings. The molecule has 28 heavy (non-hydrogen) atoms. The fraction of sp³-hybridized carbons (Fsp3) is 0.120. The van der Waals surface area contributed by atoms with Crippen molar-refractivity contribution in [3.05, 3.63) is 109 Å². The highest BCUT2D eigenvalue weighted by Gasteiger charge is 2.32. The van der Waals surface area contributed by atoms with Gasteiger partial charge in [0.15, 0.2) is 7.14 Å². The Morgan fingerprint density at radius 1 is 0.893 bits per heavy atom. The van der Waals surface area contributed by atoms with Crippen LogP contribution in [-0.4, -0.2) is 6.61 Å². The second-order valence-electron chi connectivity index (χ2n) is 6.61. The summed E-state index contributed by atoms with van der Waals surface area (Å²) in [5.74, 6) is 0.801. The lowest BCUT2D eigenvalue weighted by atomic mass is 10.1. The molecule has 3 aromatic rings. The Morgan fingerprint density at radius 3 is 1.82 bits per heavy atom. The molecule has 0 heterocycles. The van der Waals surface area contributed by atoms with Gasteiger partial charge in [0.1, 0.15) is 5.75 Å². The van der Waals surface area contributed by atoms with Gasteiger partial charge in [0.2, 0.25) is 0 Å².